The first-order chi connectivity index (χ1) is 15.0. The minimum absolute atomic E-state index is 0.164. The Labute approximate surface area is 186 Å². The number of aryl methyl sites for hydroxylation is 1. The summed E-state index contributed by atoms with van der Waals surface area (Å²) < 4.78 is 26.0. The molecule has 0 aromatic heterocycles. The molecule has 0 radical (unpaired) electrons. The minimum Gasteiger partial charge on any atom is -0.493 e. The van der Waals surface area contributed by atoms with Crippen molar-refractivity contribution in [3.05, 3.63) is 93.3 Å². The second-order valence-corrected chi connectivity index (χ2v) is 7.91. The molecule has 1 aliphatic heterocycles. The molecule has 3 aromatic rings. The van der Waals surface area contributed by atoms with E-state index in [9.17, 15) is 4.79 Å². The minimum atomic E-state index is -0.690. The summed E-state index contributed by atoms with van der Waals surface area (Å²) in [5.74, 6) is 0.493. The van der Waals surface area contributed by atoms with Gasteiger partial charge in [0.25, 0.3) is 5.91 Å². The second kappa shape index (κ2) is 8.60. The number of hydrogen-bond donors (Lipinski definition) is 0. The first-order valence-corrected chi connectivity index (χ1v) is 10.4. The molecule has 4 rings (SSSR count). The molecule has 0 saturated carbocycles. The quantitative estimate of drug-likeness (QED) is 0.531. The molecule has 0 unspecified atom stereocenters. The highest BCUT2D eigenvalue weighted by atomic mass is 35.5. The Kier molecular flexibility index (Phi) is 5.88. The number of nitrogens with zero attached hydrogens (tertiary/aromatic N) is 1. The highest BCUT2D eigenvalue weighted by Gasteiger charge is 2.36. The van der Waals surface area contributed by atoms with E-state index in [0.717, 1.165) is 16.7 Å². The Balaban J connectivity index is 1.93. The lowest BCUT2D eigenvalue weighted by Crippen LogP contribution is -2.41. The number of halogens is 2. The fourth-order valence-corrected chi connectivity index (χ4v) is 4.48. The van der Waals surface area contributed by atoms with Gasteiger partial charge in [-0.25, -0.2) is 4.39 Å². The number of hydrogen-bond acceptors (Lipinski definition) is 3. The van der Waals surface area contributed by atoms with Crippen LogP contribution in [-0.2, 0) is 6.42 Å². The van der Waals surface area contributed by atoms with Crippen molar-refractivity contribution in [2.45, 2.75) is 19.4 Å². The van der Waals surface area contributed by atoms with Crippen LogP contribution in [0.5, 0.6) is 11.5 Å². The molecular formula is C25H23ClFNO3. The van der Waals surface area contributed by atoms with E-state index in [1.807, 2.05) is 37.3 Å². The highest BCUT2D eigenvalue weighted by Crippen LogP contribution is 2.44. The maximum Gasteiger partial charge on any atom is 0.254 e. The van der Waals surface area contributed by atoms with Crippen LogP contribution in [0.4, 0.5) is 4.39 Å². The molecule has 6 heteroatoms. The SMILES string of the molecule is COc1cc2c(cc1OC)[C@H](c1c(F)cccc1Cl)N(C(=O)c1ccccc1C)CC2. The van der Waals surface area contributed by atoms with Crippen LogP contribution in [0, 0.1) is 12.7 Å². The monoisotopic (exact) mass is 439 g/mol. The Morgan fingerprint density at radius 3 is 2.45 bits per heavy atom. The number of methoxy groups -OCH3 is 2. The molecule has 1 heterocycles. The largest absolute Gasteiger partial charge is 0.493 e. The first-order valence-electron chi connectivity index (χ1n) is 10.0. The van der Waals surface area contributed by atoms with Crippen LogP contribution in [0.15, 0.2) is 54.6 Å². The zero-order valence-electron chi connectivity index (χ0n) is 17.6. The van der Waals surface area contributed by atoms with Crippen LogP contribution in [0.1, 0.15) is 38.7 Å². The van der Waals surface area contributed by atoms with E-state index in [1.54, 1.807) is 37.3 Å². The van der Waals surface area contributed by atoms with Crippen LogP contribution < -0.4 is 9.47 Å². The molecule has 1 aliphatic rings. The second-order valence-electron chi connectivity index (χ2n) is 7.51. The summed E-state index contributed by atoms with van der Waals surface area (Å²) in [7, 11) is 3.13. The van der Waals surface area contributed by atoms with Crippen LogP contribution in [0.25, 0.3) is 0 Å². The lowest BCUT2D eigenvalue weighted by atomic mass is 9.86. The molecule has 0 bridgehead atoms. The zero-order valence-corrected chi connectivity index (χ0v) is 18.4. The predicted molar refractivity (Wildman–Crippen MR) is 119 cm³/mol. The van der Waals surface area contributed by atoms with E-state index in [1.165, 1.54) is 6.07 Å². The molecular weight excluding hydrogens is 417 g/mol. The molecule has 0 N–H and O–H groups in total. The standard InChI is InChI=1S/C25H23ClFNO3/c1-15-7-4-5-8-17(15)25(29)28-12-11-16-13-21(30-2)22(31-3)14-18(16)24(28)23-19(26)9-6-10-20(23)27/h4-10,13-14,24H,11-12H2,1-3H3/t24-/m1/s1. The van der Waals surface area contributed by atoms with E-state index < -0.39 is 11.9 Å². The molecule has 1 atom stereocenters. The Bertz CT molecular complexity index is 1130. The Morgan fingerprint density at radius 2 is 1.77 bits per heavy atom. The van der Waals surface area contributed by atoms with E-state index in [0.29, 0.717) is 30.0 Å². The van der Waals surface area contributed by atoms with Crippen LogP contribution >= 0.6 is 11.6 Å². The van der Waals surface area contributed by atoms with Gasteiger partial charge in [0.1, 0.15) is 5.82 Å². The summed E-state index contributed by atoms with van der Waals surface area (Å²) in [5, 5.41) is 0.273. The Hall–Kier alpha value is -3.05. The zero-order chi connectivity index (χ0) is 22.1. The van der Waals surface area contributed by atoms with Gasteiger partial charge in [0.05, 0.1) is 20.3 Å². The van der Waals surface area contributed by atoms with Gasteiger partial charge in [0, 0.05) is 22.7 Å². The molecule has 160 valence electrons. The molecule has 0 fully saturated rings. The van der Waals surface area contributed by atoms with E-state index in [4.69, 9.17) is 21.1 Å². The fraction of sp³-hybridized carbons (Fsp3) is 0.240. The van der Waals surface area contributed by atoms with Crippen molar-refractivity contribution in [1.29, 1.82) is 0 Å². The number of amides is 1. The maximum atomic E-state index is 15.1. The van der Waals surface area contributed by atoms with Gasteiger partial charge in [0.15, 0.2) is 11.5 Å². The average Bonchev–Trinajstić information content (AvgIpc) is 2.77. The van der Waals surface area contributed by atoms with Crippen LogP contribution in [-0.4, -0.2) is 31.6 Å². The average molecular weight is 440 g/mol. The number of benzene rings is 3. The lowest BCUT2D eigenvalue weighted by Gasteiger charge is -2.39. The third kappa shape index (κ3) is 3.74. The van der Waals surface area contributed by atoms with Gasteiger partial charge >= 0.3 is 0 Å². The summed E-state index contributed by atoms with van der Waals surface area (Å²) in [6.45, 7) is 2.31. The number of ether oxygens (including phenoxy) is 2. The van der Waals surface area contributed by atoms with E-state index in [-0.39, 0.29) is 16.5 Å². The number of carbonyl (C=O) groups excluding carboxylic acids is 1. The predicted octanol–water partition coefficient (Wildman–Crippen LogP) is 5.59. The number of rotatable bonds is 4. The van der Waals surface area contributed by atoms with Gasteiger partial charge in [-0.1, -0.05) is 35.9 Å². The normalized spacial score (nSPS) is 15.4. The third-order valence-electron chi connectivity index (χ3n) is 5.78. The summed E-state index contributed by atoms with van der Waals surface area (Å²) >= 11 is 6.47. The van der Waals surface area contributed by atoms with Gasteiger partial charge in [-0.3, -0.25) is 4.79 Å². The van der Waals surface area contributed by atoms with Gasteiger partial charge in [-0.2, -0.15) is 0 Å². The summed E-state index contributed by atoms with van der Waals surface area (Å²) in [4.78, 5) is 15.3. The van der Waals surface area contributed by atoms with Crippen molar-refractivity contribution in [3.63, 3.8) is 0 Å². The van der Waals surface area contributed by atoms with Gasteiger partial charge in [0.2, 0.25) is 0 Å². The topological polar surface area (TPSA) is 38.8 Å². The highest BCUT2D eigenvalue weighted by molar-refractivity contribution is 6.31. The molecule has 0 spiro atoms. The molecule has 1 amide bonds. The van der Waals surface area contributed by atoms with Crippen molar-refractivity contribution in [1.82, 2.24) is 4.90 Å². The van der Waals surface area contributed by atoms with Crippen molar-refractivity contribution in [2.75, 3.05) is 20.8 Å². The molecule has 3 aromatic carbocycles. The number of carbonyl (C=O) groups is 1. The molecule has 0 aliphatic carbocycles. The van der Waals surface area contributed by atoms with Crippen molar-refractivity contribution in [3.8, 4) is 11.5 Å². The van der Waals surface area contributed by atoms with Crippen LogP contribution in [0.2, 0.25) is 5.02 Å². The molecule has 31 heavy (non-hydrogen) atoms. The fourth-order valence-electron chi connectivity index (χ4n) is 4.22. The van der Waals surface area contributed by atoms with Crippen molar-refractivity contribution in [2.24, 2.45) is 0 Å². The van der Waals surface area contributed by atoms with E-state index >= 15 is 4.39 Å². The summed E-state index contributed by atoms with van der Waals surface area (Å²) in [6, 6.07) is 15.0. The first kappa shape index (κ1) is 21.2. The van der Waals surface area contributed by atoms with Crippen molar-refractivity contribution < 1.29 is 18.7 Å². The van der Waals surface area contributed by atoms with E-state index in [2.05, 4.69) is 0 Å². The summed E-state index contributed by atoms with van der Waals surface area (Å²) in [6.07, 6.45) is 0.607. The van der Waals surface area contributed by atoms with Gasteiger partial charge in [-0.05, 0) is 60.4 Å². The molecule has 4 nitrogen and oxygen atoms in total. The maximum absolute atomic E-state index is 15.1. The van der Waals surface area contributed by atoms with Gasteiger partial charge < -0.3 is 14.4 Å². The smallest absolute Gasteiger partial charge is 0.254 e. The molecule has 0 saturated heterocycles. The Morgan fingerprint density at radius 1 is 1.06 bits per heavy atom. The third-order valence-corrected chi connectivity index (χ3v) is 6.11. The summed E-state index contributed by atoms with van der Waals surface area (Å²) in [5.41, 5.74) is 3.47. The van der Waals surface area contributed by atoms with Crippen LogP contribution in [0.3, 0.4) is 0 Å². The van der Waals surface area contributed by atoms with Crippen molar-refractivity contribution >= 4 is 17.5 Å². The van der Waals surface area contributed by atoms with Gasteiger partial charge in [-0.15, -0.1) is 0 Å². The lowest BCUT2D eigenvalue weighted by molar-refractivity contribution is 0.0691. The number of fused-ring (bicyclic) bond motifs is 1.